The molecule has 2 aromatic rings. The number of carbonyl (C=O) groups is 1. The average Bonchev–Trinajstić information content (AvgIpc) is 2.86. The normalized spacial score (nSPS) is 18.5. The molecule has 0 saturated carbocycles. The van der Waals surface area contributed by atoms with Gasteiger partial charge in [0.25, 0.3) is 0 Å². The molecule has 7 heteroatoms. The molecule has 2 aromatic heterocycles. The third kappa shape index (κ3) is 2.79. The molecule has 116 valence electrons. The van der Waals surface area contributed by atoms with Gasteiger partial charge in [0, 0.05) is 13.1 Å². The zero-order valence-electron chi connectivity index (χ0n) is 12.7. The number of aromatic nitrogens is 4. The maximum Gasteiger partial charge on any atom is 0.354 e. The van der Waals surface area contributed by atoms with Gasteiger partial charge in [-0.05, 0) is 38.8 Å². The number of piperidine rings is 1. The lowest BCUT2D eigenvalue weighted by atomic mass is 10.1. The highest BCUT2D eigenvalue weighted by Gasteiger charge is 2.24. The highest BCUT2D eigenvalue weighted by Crippen LogP contribution is 2.25. The van der Waals surface area contributed by atoms with Crippen molar-refractivity contribution in [2.75, 3.05) is 18.0 Å². The zero-order valence-corrected chi connectivity index (χ0v) is 12.7. The lowest BCUT2D eigenvalue weighted by molar-refractivity contribution is 0.0690. The summed E-state index contributed by atoms with van der Waals surface area (Å²) in [4.78, 5) is 21.8. The maximum atomic E-state index is 11.1. The Hall–Kier alpha value is -2.44. The van der Waals surface area contributed by atoms with E-state index in [0.29, 0.717) is 5.82 Å². The number of rotatable bonds is 3. The highest BCUT2D eigenvalue weighted by molar-refractivity contribution is 5.85. The number of hydrogen-bond acceptors (Lipinski definition) is 5. The van der Waals surface area contributed by atoms with Crippen LogP contribution in [0.15, 0.2) is 18.2 Å². The van der Waals surface area contributed by atoms with Gasteiger partial charge in [0.05, 0.1) is 6.04 Å². The van der Waals surface area contributed by atoms with E-state index in [-0.39, 0.29) is 11.7 Å². The van der Waals surface area contributed by atoms with Gasteiger partial charge in [-0.2, -0.15) is 5.10 Å². The minimum Gasteiger partial charge on any atom is -0.477 e. The van der Waals surface area contributed by atoms with Crippen molar-refractivity contribution in [1.82, 2.24) is 19.7 Å². The summed E-state index contributed by atoms with van der Waals surface area (Å²) in [6, 6.07) is 5.34. The van der Waals surface area contributed by atoms with E-state index in [9.17, 15) is 4.79 Å². The molecule has 7 nitrogen and oxygen atoms in total. The fourth-order valence-corrected chi connectivity index (χ4v) is 2.96. The molecule has 3 rings (SSSR count). The van der Waals surface area contributed by atoms with Crippen molar-refractivity contribution in [3.63, 3.8) is 0 Å². The lowest BCUT2D eigenvalue weighted by Crippen LogP contribution is -2.38. The number of aromatic carboxylic acids is 1. The molecular weight excluding hydrogens is 282 g/mol. The molecule has 0 aliphatic carbocycles. The number of nitrogens with zero attached hydrogens (tertiary/aromatic N) is 5. The predicted molar refractivity (Wildman–Crippen MR) is 81.2 cm³/mol. The van der Waals surface area contributed by atoms with Crippen LogP contribution in [0.2, 0.25) is 0 Å². The lowest BCUT2D eigenvalue weighted by Gasteiger charge is -2.34. The summed E-state index contributed by atoms with van der Waals surface area (Å²) in [6.45, 7) is 5.49. The van der Waals surface area contributed by atoms with Crippen LogP contribution in [0.25, 0.3) is 0 Å². The van der Waals surface area contributed by atoms with E-state index in [0.717, 1.165) is 37.6 Å². The van der Waals surface area contributed by atoms with E-state index in [1.54, 1.807) is 6.07 Å². The number of carboxylic acids is 1. The quantitative estimate of drug-likeness (QED) is 0.931. The molecule has 0 spiro atoms. The molecule has 1 aliphatic rings. The molecule has 1 unspecified atom stereocenters. The van der Waals surface area contributed by atoms with Crippen molar-refractivity contribution >= 4 is 11.8 Å². The van der Waals surface area contributed by atoms with Gasteiger partial charge in [0.15, 0.2) is 5.69 Å². The van der Waals surface area contributed by atoms with E-state index in [1.807, 2.05) is 24.6 Å². The predicted octanol–water partition coefficient (Wildman–Crippen LogP) is 1.83. The molecule has 0 amide bonds. The second-order valence-corrected chi connectivity index (χ2v) is 5.58. The molecule has 1 atom stereocenters. The molecule has 3 heterocycles. The summed E-state index contributed by atoms with van der Waals surface area (Å²) in [5.41, 5.74) is 0.0763. The van der Waals surface area contributed by atoms with Crippen LogP contribution in [0.3, 0.4) is 0 Å². The van der Waals surface area contributed by atoms with Crippen LogP contribution in [0.4, 0.5) is 5.82 Å². The summed E-state index contributed by atoms with van der Waals surface area (Å²) < 4.78 is 1.97. The fraction of sp³-hybridized carbons (Fsp3) is 0.467. The molecule has 0 aromatic carbocycles. The number of carboxylic acid groups (broad SMARTS) is 1. The third-order valence-electron chi connectivity index (χ3n) is 3.93. The van der Waals surface area contributed by atoms with Gasteiger partial charge in [-0.3, -0.25) is 0 Å². The first-order chi connectivity index (χ1) is 10.5. The summed E-state index contributed by atoms with van der Waals surface area (Å²) >= 11 is 0. The van der Waals surface area contributed by atoms with Gasteiger partial charge in [-0.1, -0.05) is 6.07 Å². The largest absolute Gasteiger partial charge is 0.477 e. The smallest absolute Gasteiger partial charge is 0.354 e. The Morgan fingerprint density at radius 3 is 2.82 bits per heavy atom. The van der Waals surface area contributed by atoms with E-state index in [1.165, 1.54) is 6.07 Å². The summed E-state index contributed by atoms with van der Waals surface area (Å²) in [6.07, 6.45) is 2.06. The molecule has 1 fully saturated rings. The first-order valence-electron chi connectivity index (χ1n) is 7.39. The van der Waals surface area contributed by atoms with Gasteiger partial charge in [-0.25, -0.2) is 19.4 Å². The van der Waals surface area contributed by atoms with E-state index in [2.05, 4.69) is 20.0 Å². The summed E-state index contributed by atoms with van der Waals surface area (Å²) in [7, 11) is 0. The van der Waals surface area contributed by atoms with Gasteiger partial charge in [-0.15, -0.1) is 0 Å². The van der Waals surface area contributed by atoms with Crippen molar-refractivity contribution in [3.8, 4) is 0 Å². The first-order valence-corrected chi connectivity index (χ1v) is 7.39. The average molecular weight is 301 g/mol. The van der Waals surface area contributed by atoms with Crippen LogP contribution < -0.4 is 4.90 Å². The molecule has 0 radical (unpaired) electrons. The molecule has 1 aliphatic heterocycles. The second-order valence-electron chi connectivity index (χ2n) is 5.58. The van der Waals surface area contributed by atoms with Crippen molar-refractivity contribution < 1.29 is 9.90 Å². The number of hydrogen-bond donors (Lipinski definition) is 1. The number of anilines is 1. The topological polar surface area (TPSA) is 84.1 Å². The van der Waals surface area contributed by atoms with E-state index < -0.39 is 5.97 Å². The van der Waals surface area contributed by atoms with Gasteiger partial charge < -0.3 is 10.0 Å². The molecule has 0 bridgehead atoms. The monoisotopic (exact) mass is 301 g/mol. The minimum absolute atomic E-state index is 0.0763. The van der Waals surface area contributed by atoms with Gasteiger partial charge in [0.1, 0.15) is 17.5 Å². The van der Waals surface area contributed by atoms with Crippen molar-refractivity contribution in [2.24, 2.45) is 0 Å². The SMILES string of the molecule is Cc1nc(C)n(C2CCCN(c3cccc(C(=O)O)n3)C2)n1. The molecule has 1 N–H and O–H groups in total. The van der Waals surface area contributed by atoms with Crippen molar-refractivity contribution in [1.29, 1.82) is 0 Å². The zero-order chi connectivity index (χ0) is 15.7. The van der Waals surface area contributed by atoms with Crippen LogP contribution in [-0.4, -0.2) is 43.9 Å². The van der Waals surface area contributed by atoms with E-state index in [4.69, 9.17) is 5.11 Å². The van der Waals surface area contributed by atoms with Crippen molar-refractivity contribution in [3.05, 3.63) is 35.5 Å². The first kappa shape index (κ1) is 14.5. The van der Waals surface area contributed by atoms with Crippen LogP contribution in [0, 0.1) is 13.8 Å². The summed E-state index contributed by atoms with van der Waals surface area (Å²) in [5.74, 6) is 1.40. The Morgan fingerprint density at radius 1 is 1.32 bits per heavy atom. The van der Waals surface area contributed by atoms with E-state index >= 15 is 0 Å². The number of pyridine rings is 1. The molecule has 1 saturated heterocycles. The Kier molecular flexibility index (Phi) is 3.79. The Labute approximate surface area is 128 Å². The fourth-order valence-electron chi connectivity index (χ4n) is 2.96. The van der Waals surface area contributed by atoms with Crippen LogP contribution in [0.1, 0.15) is 41.0 Å². The van der Waals surface area contributed by atoms with Gasteiger partial charge >= 0.3 is 5.97 Å². The van der Waals surface area contributed by atoms with Crippen LogP contribution in [-0.2, 0) is 0 Å². The highest BCUT2D eigenvalue weighted by atomic mass is 16.4. The standard InChI is InChI=1S/C15H19N5O2/c1-10-16-11(2)20(18-10)12-5-4-8-19(9-12)14-7-3-6-13(17-14)15(21)22/h3,6-7,12H,4-5,8-9H2,1-2H3,(H,21,22). The minimum atomic E-state index is -1.00. The third-order valence-corrected chi connectivity index (χ3v) is 3.93. The second kappa shape index (κ2) is 5.75. The Bertz CT molecular complexity index is 697. The van der Waals surface area contributed by atoms with Crippen LogP contribution >= 0.6 is 0 Å². The molecular formula is C15H19N5O2. The summed E-state index contributed by atoms with van der Waals surface area (Å²) in [5, 5.41) is 13.5. The molecule has 22 heavy (non-hydrogen) atoms. The van der Waals surface area contributed by atoms with Gasteiger partial charge in [0.2, 0.25) is 0 Å². The Morgan fingerprint density at radius 2 is 2.14 bits per heavy atom. The maximum absolute atomic E-state index is 11.1. The van der Waals surface area contributed by atoms with Crippen LogP contribution in [0.5, 0.6) is 0 Å². The number of aryl methyl sites for hydroxylation is 2. The Balaban J connectivity index is 1.82. The van der Waals surface area contributed by atoms with Crippen molar-refractivity contribution in [2.45, 2.75) is 32.7 Å².